The third kappa shape index (κ3) is 2.36. The van der Waals surface area contributed by atoms with Crippen LogP contribution in [0, 0.1) is 0 Å². The Morgan fingerprint density at radius 1 is 1.05 bits per heavy atom. The SMILES string of the molecule is C=C(C)P(=O)(c1ccccc1)c1ccccc1OC. The first-order valence-corrected chi connectivity index (χ1v) is 7.76. The van der Waals surface area contributed by atoms with Crippen molar-refractivity contribution in [3.8, 4) is 5.75 Å². The van der Waals surface area contributed by atoms with Gasteiger partial charge in [0, 0.05) is 5.30 Å². The number of allylic oxidation sites excluding steroid dienone is 1. The molecule has 0 amide bonds. The maximum absolute atomic E-state index is 13.5. The van der Waals surface area contributed by atoms with Crippen LogP contribution in [-0.2, 0) is 4.57 Å². The maximum atomic E-state index is 13.5. The van der Waals surface area contributed by atoms with E-state index in [-0.39, 0.29) is 0 Å². The van der Waals surface area contributed by atoms with Crippen LogP contribution in [0.1, 0.15) is 6.92 Å². The van der Waals surface area contributed by atoms with E-state index in [0.717, 1.165) is 5.30 Å². The molecule has 0 aliphatic heterocycles. The summed E-state index contributed by atoms with van der Waals surface area (Å²) in [5.41, 5.74) is 0. The fourth-order valence-electron chi connectivity index (χ4n) is 2.09. The highest BCUT2D eigenvalue weighted by Gasteiger charge is 2.30. The monoisotopic (exact) mass is 272 g/mol. The number of ether oxygens (including phenoxy) is 1. The van der Waals surface area contributed by atoms with Crippen molar-refractivity contribution in [2.45, 2.75) is 6.92 Å². The second-order valence-electron chi connectivity index (χ2n) is 4.35. The summed E-state index contributed by atoms with van der Waals surface area (Å²) in [5.74, 6) is 0.637. The van der Waals surface area contributed by atoms with Gasteiger partial charge in [0.2, 0.25) is 0 Å². The number of rotatable bonds is 4. The molecule has 0 bridgehead atoms. The Morgan fingerprint density at radius 3 is 2.21 bits per heavy atom. The van der Waals surface area contributed by atoms with Crippen molar-refractivity contribution in [2.24, 2.45) is 0 Å². The van der Waals surface area contributed by atoms with Gasteiger partial charge in [-0.05, 0) is 24.4 Å². The summed E-state index contributed by atoms with van der Waals surface area (Å²) in [6.45, 7) is 5.74. The van der Waals surface area contributed by atoms with E-state index < -0.39 is 7.14 Å². The van der Waals surface area contributed by atoms with E-state index in [2.05, 4.69) is 6.58 Å². The molecule has 3 heteroatoms. The molecular formula is C16H17O2P. The Kier molecular flexibility index (Phi) is 3.92. The molecule has 98 valence electrons. The predicted molar refractivity (Wildman–Crippen MR) is 81.1 cm³/mol. The lowest BCUT2D eigenvalue weighted by atomic mass is 10.3. The molecule has 0 aliphatic rings. The largest absolute Gasteiger partial charge is 0.496 e. The summed E-state index contributed by atoms with van der Waals surface area (Å²) in [6.07, 6.45) is 0. The maximum Gasteiger partial charge on any atom is 0.169 e. The molecule has 0 fully saturated rings. The number of para-hydroxylation sites is 1. The van der Waals surface area contributed by atoms with E-state index in [9.17, 15) is 4.57 Å². The van der Waals surface area contributed by atoms with E-state index in [0.29, 0.717) is 16.4 Å². The second-order valence-corrected chi connectivity index (χ2v) is 7.33. The fourth-order valence-corrected chi connectivity index (χ4v) is 4.59. The molecule has 2 aromatic carbocycles. The lowest BCUT2D eigenvalue weighted by Crippen LogP contribution is -2.18. The van der Waals surface area contributed by atoms with Gasteiger partial charge in [0.05, 0.1) is 12.4 Å². The minimum Gasteiger partial charge on any atom is -0.496 e. The Labute approximate surface area is 114 Å². The van der Waals surface area contributed by atoms with Crippen LogP contribution in [0.25, 0.3) is 0 Å². The minimum absolute atomic E-state index is 0.637. The van der Waals surface area contributed by atoms with Crippen molar-refractivity contribution in [2.75, 3.05) is 7.11 Å². The smallest absolute Gasteiger partial charge is 0.169 e. The van der Waals surface area contributed by atoms with Gasteiger partial charge in [0.25, 0.3) is 0 Å². The van der Waals surface area contributed by atoms with Crippen LogP contribution in [0.3, 0.4) is 0 Å². The number of methoxy groups -OCH3 is 1. The molecule has 2 rings (SSSR count). The van der Waals surface area contributed by atoms with E-state index >= 15 is 0 Å². The van der Waals surface area contributed by atoms with Gasteiger partial charge in [0.15, 0.2) is 7.14 Å². The van der Waals surface area contributed by atoms with Gasteiger partial charge in [0.1, 0.15) is 5.75 Å². The molecule has 0 aliphatic carbocycles. The van der Waals surface area contributed by atoms with E-state index in [1.165, 1.54) is 0 Å². The normalized spacial score (nSPS) is 13.6. The van der Waals surface area contributed by atoms with Crippen LogP contribution in [0.2, 0.25) is 0 Å². The van der Waals surface area contributed by atoms with Gasteiger partial charge >= 0.3 is 0 Å². The van der Waals surface area contributed by atoms with E-state index in [1.54, 1.807) is 14.0 Å². The molecule has 1 atom stereocenters. The Bertz CT molecular complexity index is 632. The van der Waals surface area contributed by atoms with E-state index in [1.807, 2.05) is 54.6 Å². The zero-order valence-corrected chi connectivity index (χ0v) is 12.1. The molecule has 0 saturated carbocycles. The molecule has 2 nitrogen and oxygen atoms in total. The first-order chi connectivity index (χ1) is 9.10. The fraction of sp³-hybridized carbons (Fsp3) is 0.125. The van der Waals surface area contributed by atoms with Crippen molar-refractivity contribution < 1.29 is 9.30 Å². The van der Waals surface area contributed by atoms with Crippen LogP contribution in [0.4, 0.5) is 0 Å². The molecule has 0 aromatic heterocycles. The lowest BCUT2D eigenvalue weighted by molar-refractivity contribution is 0.418. The first kappa shape index (κ1) is 13.6. The van der Waals surface area contributed by atoms with Gasteiger partial charge in [-0.15, -0.1) is 0 Å². The van der Waals surface area contributed by atoms with Crippen molar-refractivity contribution in [3.63, 3.8) is 0 Å². The average Bonchev–Trinajstić information content (AvgIpc) is 2.47. The van der Waals surface area contributed by atoms with E-state index in [4.69, 9.17) is 4.74 Å². The Morgan fingerprint density at radius 2 is 1.63 bits per heavy atom. The van der Waals surface area contributed by atoms with Crippen LogP contribution in [0.15, 0.2) is 66.5 Å². The summed E-state index contributed by atoms with van der Waals surface area (Å²) < 4.78 is 18.9. The van der Waals surface area contributed by atoms with Gasteiger partial charge < -0.3 is 9.30 Å². The quantitative estimate of drug-likeness (QED) is 0.796. The molecule has 0 heterocycles. The van der Waals surface area contributed by atoms with Crippen LogP contribution >= 0.6 is 7.14 Å². The van der Waals surface area contributed by atoms with Gasteiger partial charge in [-0.1, -0.05) is 49.0 Å². The summed E-state index contributed by atoms with van der Waals surface area (Å²) in [7, 11) is -1.28. The van der Waals surface area contributed by atoms with Crippen molar-refractivity contribution in [3.05, 3.63) is 66.5 Å². The van der Waals surface area contributed by atoms with Gasteiger partial charge in [-0.3, -0.25) is 0 Å². The Hall–Kier alpha value is -1.79. The average molecular weight is 272 g/mol. The molecule has 0 radical (unpaired) electrons. The third-order valence-corrected chi connectivity index (χ3v) is 6.23. The van der Waals surface area contributed by atoms with Crippen molar-refractivity contribution >= 4 is 17.8 Å². The van der Waals surface area contributed by atoms with Crippen LogP contribution in [-0.4, -0.2) is 7.11 Å². The topological polar surface area (TPSA) is 26.3 Å². The lowest BCUT2D eigenvalue weighted by Gasteiger charge is -2.21. The number of hydrogen-bond donors (Lipinski definition) is 0. The zero-order valence-electron chi connectivity index (χ0n) is 11.2. The summed E-state index contributed by atoms with van der Waals surface area (Å²) in [5, 5.41) is 2.14. The van der Waals surface area contributed by atoms with Gasteiger partial charge in [-0.2, -0.15) is 0 Å². The van der Waals surface area contributed by atoms with Crippen molar-refractivity contribution in [1.29, 1.82) is 0 Å². The first-order valence-electron chi connectivity index (χ1n) is 6.06. The third-order valence-electron chi connectivity index (χ3n) is 3.08. The van der Waals surface area contributed by atoms with Crippen molar-refractivity contribution in [1.82, 2.24) is 0 Å². The number of benzene rings is 2. The minimum atomic E-state index is -2.87. The highest BCUT2D eigenvalue weighted by molar-refractivity contribution is 7.82. The highest BCUT2D eigenvalue weighted by Crippen LogP contribution is 2.52. The summed E-state index contributed by atoms with van der Waals surface area (Å²) in [6, 6.07) is 16.9. The van der Waals surface area contributed by atoms with Crippen LogP contribution in [0.5, 0.6) is 5.75 Å². The molecule has 1 unspecified atom stereocenters. The highest BCUT2D eigenvalue weighted by atomic mass is 31.2. The molecular weight excluding hydrogens is 255 g/mol. The summed E-state index contributed by atoms with van der Waals surface area (Å²) in [4.78, 5) is 0. The predicted octanol–water partition coefficient (Wildman–Crippen LogP) is 3.54. The molecule has 0 N–H and O–H groups in total. The molecule has 2 aromatic rings. The summed E-state index contributed by atoms with van der Waals surface area (Å²) >= 11 is 0. The van der Waals surface area contributed by atoms with Crippen LogP contribution < -0.4 is 15.3 Å². The standard InChI is InChI=1S/C16H17O2P/c1-13(2)19(17,14-9-5-4-6-10-14)16-12-8-7-11-15(16)18-3/h4-12H,1H2,2-3H3. The number of hydrogen-bond acceptors (Lipinski definition) is 2. The Balaban J connectivity index is 2.71. The van der Waals surface area contributed by atoms with Gasteiger partial charge in [-0.25, -0.2) is 0 Å². The molecule has 19 heavy (non-hydrogen) atoms. The molecule has 0 spiro atoms. The molecule has 0 saturated heterocycles. The second kappa shape index (κ2) is 5.46. The zero-order chi connectivity index (χ0) is 13.9.